The summed E-state index contributed by atoms with van der Waals surface area (Å²) in [5, 5.41) is 0. The molecule has 14 heavy (non-hydrogen) atoms. The maximum Gasteiger partial charge on any atom is 0.149 e. The van der Waals surface area contributed by atoms with Gasteiger partial charge in [0.2, 0.25) is 0 Å². The van der Waals surface area contributed by atoms with E-state index in [1.54, 1.807) is 0 Å². The first-order chi connectivity index (χ1) is 6.66. The Labute approximate surface area is 88.4 Å². The molecule has 2 nitrogen and oxygen atoms in total. The maximum absolute atomic E-state index is 6.24. The molecule has 74 valence electrons. The van der Waals surface area contributed by atoms with Crippen molar-refractivity contribution in [3.05, 3.63) is 35.8 Å². The number of rotatable bonds is 2. The molecule has 0 radical (unpaired) electrons. The summed E-state index contributed by atoms with van der Waals surface area (Å²) < 4.78 is 10.9. The fourth-order valence-electron chi connectivity index (χ4n) is 1.16. The first-order valence-electron chi connectivity index (χ1n) is 4.25. The third-order valence-corrected chi connectivity index (χ3v) is 4.09. The fourth-order valence-corrected chi connectivity index (χ4v) is 2.78. The quantitative estimate of drug-likeness (QED) is 0.739. The molecular formula is C10H10ClO2P. The topological polar surface area (TPSA) is 26.3 Å². The molecule has 0 fully saturated rings. The summed E-state index contributed by atoms with van der Waals surface area (Å²) in [7, 11) is -0.990. The Kier molecular flexibility index (Phi) is 2.66. The van der Waals surface area contributed by atoms with Gasteiger partial charge in [-0.25, -0.2) is 0 Å². The van der Waals surface area contributed by atoms with Crippen LogP contribution in [-0.2, 0) is 0 Å². The summed E-state index contributed by atoms with van der Waals surface area (Å²) in [6.07, 6.45) is 0. The van der Waals surface area contributed by atoms with Crippen LogP contribution >= 0.6 is 18.5 Å². The summed E-state index contributed by atoms with van der Waals surface area (Å²) in [6, 6.07) is 7.60. The fraction of sp³-hybridized carbons (Fsp3) is 0.200. The molecule has 0 aromatic carbocycles. The van der Waals surface area contributed by atoms with E-state index < -0.39 is 7.27 Å². The van der Waals surface area contributed by atoms with Gasteiger partial charge in [0.1, 0.15) is 29.8 Å². The van der Waals surface area contributed by atoms with Crippen molar-refractivity contribution in [2.75, 3.05) is 0 Å². The Balaban J connectivity index is 2.28. The average Bonchev–Trinajstić information content (AvgIpc) is 2.73. The van der Waals surface area contributed by atoms with Crippen molar-refractivity contribution in [2.45, 2.75) is 13.8 Å². The minimum Gasteiger partial charge on any atom is -0.460 e. The third kappa shape index (κ3) is 1.87. The highest BCUT2D eigenvalue weighted by Gasteiger charge is 2.17. The van der Waals surface area contributed by atoms with E-state index in [1.165, 1.54) is 0 Å². The van der Waals surface area contributed by atoms with Crippen LogP contribution in [0.1, 0.15) is 11.5 Å². The van der Waals surface area contributed by atoms with E-state index in [0.717, 1.165) is 22.5 Å². The molecule has 0 N–H and O–H groups in total. The molecule has 2 heterocycles. The molecule has 0 saturated heterocycles. The molecule has 2 aromatic rings. The standard InChI is InChI=1S/C10H10ClO2P/c1-7-3-5-9(12-7)14(11)10-6-4-8(2)13-10/h3-6H,1-2H3. The minimum absolute atomic E-state index is 0.786. The van der Waals surface area contributed by atoms with E-state index in [-0.39, 0.29) is 0 Å². The van der Waals surface area contributed by atoms with E-state index in [2.05, 4.69) is 0 Å². The van der Waals surface area contributed by atoms with Gasteiger partial charge in [-0.15, -0.1) is 0 Å². The van der Waals surface area contributed by atoms with Gasteiger partial charge < -0.3 is 8.83 Å². The highest BCUT2D eigenvalue weighted by atomic mass is 35.7. The van der Waals surface area contributed by atoms with Crippen molar-refractivity contribution in [2.24, 2.45) is 0 Å². The van der Waals surface area contributed by atoms with Gasteiger partial charge in [-0.3, -0.25) is 0 Å². The molecule has 2 aromatic heterocycles. The van der Waals surface area contributed by atoms with Gasteiger partial charge in [0.05, 0.1) is 0 Å². The molecule has 4 heteroatoms. The monoisotopic (exact) mass is 228 g/mol. The molecule has 0 bridgehead atoms. The molecule has 0 spiro atoms. The number of hydrogen-bond donors (Lipinski definition) is 0. The third-order valence-electron chi connectivity index (χ3n) is 1.84. The van der Waals surface area contributed by atoms with Gasteiger partial charge in [-0.05, 0) is 38.1 Å². The smallest absolute Gasteiger partial charge is 0.149 e. The second kappa shape index (κ2) is 3.80. The molecule has 0 unspecified atom stereocenters. The van der Waals surface area contributed by atoms with Crippen LogP contribution in [0.4, 0.5) is 0 Å². The van der Waals surface area contributed by atoms with Gasteiger partial charge in [0, 0.05) is 0 Å². The Morgan fingerprint density at radius 2 is 1.36 bits per heavy atom. The molecule has 0 aliphatic heterocycles. The molecular weight excluding hydrogens is 219 g/mol. The lowest BCUT2D eigenvalue weighted by Crippen LogP contribution is -2.03. The first kappa shape index (κ1) is 9.82. The van der Waals surface area contributed by atoms with Gasteiger partial charge in [0.25, 0.3) is 0 Å². The highest BCUT2D eigenvalue weighted by molar-refractivity contribution is 7.95. The molecule has 0 aliphatic rings. The molecule has 2 rings (SSSR count). The normalized spacial score (nSPS) is 11.1. The van der Waals surface area contributed by atoms with E-state index in [1.807, 2.05) is 38.1 Å². The lowest BCUT2D eigenvalue weighted by molar-refractivity contribution is 0.559. The molecule has 0 amide bonds. The van der Waals surface area contributed by atoms with Crippen LogP contribution < -0.4 is 11.0 Å². The summed E-state index contributed by atoms with van der Waals surface area (Å²) in [5.74, 6) is 1.74. The number of aryl methyl sites for hydroxylation is 2. The first-order valence-corrected chi connectivity index (χ1v) is 6.50. The summed E-state index contributed by atoms with van der Waals surface area (Å²) in [4.78, 5) is 0. The maximum atomic E-state index is 6.24. The molecule has 0 aliphatic carbocycles. The Bertz CT molecular complexity index is 393. The van der Waals surface area contributed by atoms with Crippen molar-refractivity contribution in [3.63, 3.8) is 0 Å². The zero-order valence-corrected chi connectivity index (χ0v) is 9.60. The largest absolute Gasteiger partial charge is 0.460 e. The van der Waals surface area contributed by atoms with Crippen LogP contribution in [-0.4, -0.2) is 0 Å². The Morgan fingerprint density at radius 1 is 0.929 bits per heavy atom. The summed E-state index contributed by atoms with van der Waals surface area (Å²) in [6.45, 7) is 3.80. The van der Waals surface area contributed by atoms with Crippen molar-refractivity contribution in [3.8, 4) is 0 Å². The number of furan rings is 2. The van der Waals surface area contributed by atoms with Crippen molar-refractivity contribution >= 4 is 29.5 Å². The Morgan fingerprint density at radius 3 is 1.64 bits per heavy atom. The van der Waals surface area contributed by atoms with E-state index in [0.29, 0.717) is 0 Å². The predicted octanol–water partition coefficient (Wildman–Crippen LogP) is 3.08. The van der Waals surface area contributed by atoms with Crippen LogP contribution in [0.25, 0.3) is 0 Å². The summed E-state index contributed by atoms with van der Waals surface area (Å²) in [5.41, 5.74) is 1.57. The molecule has 0 atom stereocenters. The second-order valence-corrected chi connectivity index (χ2v) is 5.51. The van der Waals surface area contributed by atoms with Crippen LogP contribution in [0, 0.1) is 13.8 Å². The highest BCUT2D eigenvalue weighted by Crippen LogP contribution is 2.39. The van der Waals surface area contributed by atoms with Gasteiger partial charge in [-0.2, -0.15) is 0 Å². The van der Waals surface area contributed by atoms with Crippen LogP contribution in [0.3, 0.4) is 0 Å². The lowest BCUT2D eigenvalue weighted by Gasteiger charge is -2.01. The second-order valence-electron chi connectivity index (χ2n) is 3.05. The van der Waals surface area contributed by atoms with Gasteiger partial charge in [0.15, 0.2) is 0 Å². The minimum atomic E-state index is -0.990. The Hall–Kier alpha value is -0.720. The SMILES string of the molecule is Cc1ccc(P(Cl)c2ccc(C)o2)o1. The van der Waals surface area contributed by atoms with Crippen molar-refractivity contribution in [1.29, 1.82) is 0 Å². The van der Waals surface area contributed by atoms with Gasteiger partial charge in [-0.1, -0.05) is 11.2 Å². The van der Waals surface area contributed by atoms with Gasteiger partial charge >= 0.3 is 0 Å². The zero-order chi connectivity index (χ0) is 10.1. The van der Waals surface area contributed by atoms with E-state index in [9.17, 15) is 0 Å². The van der Waals surface area contributed by atoms with Crippen molar-refractivity contribution < 1.29 is 8.83 Å². The average molecular weight is 229 g/mol. The van der Waals surface area contributed by atoms with Crippen LogP contribution in [0.15, 0.2) is 33.1 Å². The number of hydrogen-bond acceptors (Lipinski definition) is 2. The number of halogens is 1. The van der Waals surface area contributed by atoms with Crippen LogP contribution in [0.2, 0.25) is 0 Å². The zero-order valence-electron chi connectivity index (χ0n) is 7.95. The predicted molar refractivity (Wildman–Crippen MR) is 58.9 cm³/mol. The van der Waals surface area contributed by atoms with E-state index in [4.69, 9.17) is 20.1 Å². The molecule has 0 saturated carbocycles. The van der Waals surface area contributed by atoms with Crippen molar-refractivity contribution in [1.82, 2.24) is 0 Å². The summed E-state index contributed by atoms with van der Waals surface area (Å²) >= 11 is 6.24. The van der Waals surface area contributed by atoms with Crippen LogP contribution in [0.5, 0.6) is 0 Å². The van der Waals surface area contributed by atoms with E-state index >= 15 is 0 Å². The lowest BCUT2D eigenvalue weighted by atomic mass is 10.5.